The maximum atomic E-state index is 10.6. The molecular weight excluding hydrogens is 142 g/mol. The molecule has 0 fully saturated rings. The lowest BCUT2D eigenvalue weighted by molar-refractivity contribution is -0.119. The second-order valence-corrected chi connectivity index (χ2v) is 2.23. The van der Waals surface area contributed by atoms with E-state index in [0.29, 0.717) is 5.82 Å². The number of hydrogen-bond acceptors (Lipinski definition) is 3. The highest BCUT2D eigenvalue weighted by Crippen LogP contribution is 2.06. The molecule has 1 unspecified atom stereocenters. The number of primary amides is 1. The summed E-state index contributed by atoms with van der Waals surface area (Å²) in [5.41, 5.74) is 5.05. The van der Waals surface area contributed by atoms with Crippen molar-refractivity contribution in [3.63, 3.8) is 0 Å². The van der Waals surface area contributed by atoms with Gasteiger partial charge in [-0.05, 0) is 13.0 Å². The Bertz CT molecular complexity index is 247. The molecule has 0 aromatic carbocycles. The Balaban J connectivity index is 2.85. The molecule has 1 heterocycles. The Morgan fingerprint density at radius 1 is 1.55 bits per heavy atom. The second-order valence-electron chi connectivity index (χ2n) is 2.23. The van der Waals surface area contributed by atoms with Gasteiger partial charge < -0.3 is 5.73 Å². The van der Waals surface area contributed by atoms with Crippen LogP contribution in [0.3, 0.4) is 0 Å². The molecule has 0 aliphatic carbocycles. The molecule has 11 heavy (non-hydrogen) atoms. The van der Waals surface area contributed by atoms with Crippen LogP contribution in [-0.4, -0.2) is 15.9 Å². The van der Waals surface area contributed by atoms with Crippen molar-refractivity contribution in [2.75, 3.05) is 0 Å². The molecule has 0 saturated heterocycles. The van der Waals surface area contributed by atoms with E-state index in [-0.39, 0.29) is 0 Å². The normalized spacial score (nSPS) is 12.5. The predicted octanol–water partition coefficient (Wildman–Crippen LogP) is 0.0654. The Labute approximate surface area is 64.5 Å². The van der Waals surface area contributed by atoms with Gasteiger partial charge in [-0.15, -0.1) is 0 Å². The van der Waals surface area contributed by atoms with Crippen LogP contribution in [0.5, 0.6) is 0 Å². The molecule has 0 radical (unpaired) electrons. The van der Waals surface area contributed by atoms with Gasteiger partial charge in [-0.3, -0.25) is 4.79 Å². The van der Waals surface area contributed by atoms with Crippen molar-refractivity contribution in [2.24, 2.45) is 5.73 Å². The number of carbonyl (C=O) groups is 1. The number of hydrogen-bond donors (Lipinski definition) is 1. The molecule has 0 aliphatic rings. The van der Waals surface area contributed by atoms with Crippen LogP contribution >= 0.6 is 0 Å². The van der Waals surface area contributed by atoms with E-state index in [4.69, 9.17) is 5.73 Å². The van der Waals surface area contributed by atoms with Gasteiger partial charge in [-0.25, -0.2) is 9.97 Å². The van der Waals surface area contributed by atoms with Crippen LogP contribution in [-0.2, 0) is 4.79 Å². The van der Waals surface area contributed by atoms with Gasteiger partial charge in [0.05, 0.1) is 5.92 Å². The largest absolute Gasteiger partial charge is 0.369 e. The Kier molecular flexibility index (Phi) is 2.15. The van der Waals surface area contributed by atoms with Crippen molar-refractivity contribution >= 4 is 5.91 Å². The topological polar surface area (TPSA) is 68.9 Å². The van der Waals surface area contributed by atoms with Gasteiger partial charge in [0.25, 0.3) is 0 Å². The molecule has 1 atom stereocenters. The number of rotatable bonds is 2. The highest BCUT2D eigenvalue weighted by molar-refractivity contribution is 5.80. The average Bonchev–Trinajstić information content (AvgIpc) is 2.05. The molecular formula is C7H9N3O. The molecule has 1 aromatic rings. The summed E-state index contributed by atoms with van der Waals surface area (Å²) in [5.74, 6) is -0.340. The third-order valence-electron chi connectivity index (χ3n) is 1.40. The lowest BCUT2D eigenvalue weighted by Gasteiger charge is -2.02. The fraction of sp³-hybridized carbons (Fsp3) is 0.286. The monoisotopic (exact) mass is 151 g/mol. The van der Waals surface area contributed by atoms with Crippen molar-refractivity contribution in [1.82, 2.24) is 9.97 Å². The maximum Gasteiger partial charge on any atom is 0.227 e. The third-order valence-corrected chi connectivity index (χ3v) is 1.40. The average molecular weight is 151 g/mol. The first-order valence-corrected chi connectivity index (χ1v) is 3.28. The first-order chi connectivity index (χ1) is 5.22. The Hall–Kier alpha value is -1.45. The summed E-state index contributed by atoms with van der Waals surface area (Å²) in [4.78, 5) is 18.4. The van der Waals surface area contributed by atoms with Crippen molar-refractivity contribution in [3.05, 3.63) is 24.3 Å². The lowest BCUT2D eigenvalue weighted by atomic mass is 10.1. The molecule has 0 saturated carbocycles. The van der Waals surface area contributed by atoms with E-state index < -0.39 is 11.8 Å². The zero-order valence-corrected chi connectivity index (χ0v) is 6.19. The summed E-state index contributed by atoms with van der Waals surface area (Å²) in [6, 6.07) is 1.69. The van der Waals surface area contributed by atoms with E-state index in [2.05, 4.69) is 9.97 Å². The summed E-state index contributed by atoms with van der Waals surface area (Å²) in [7, 11) is 0. The highest BCUT2D eigenvalue weighted by atomic mass is 16.1. The van der Waals surface area contributed by atoms with Gasteiger partial charge in [0.15, 0.2) is 0 Å². The molecule has 58 valence electrons. The van der Waals surface area contributed by atoms with Gasteiger partial charge in [0.1, 0.15) is 5.82 Å². The SMILES string of the molecule is CC(C(N)=O)c1ncccn1. The highest BCUT2D eigenvalue weighted by Gasteiger charge is 2.12. The molecule has 0 spiro atoms. The molecule has 4 heteroatoms. The Morgan fingerprint density at radius 2 is 2.09 bits per heavy atom. The van der Waals surface area contributed by atoms with Crippen LogP contribution in [0.15, 0.2) is 18.5 Å². The minimum Gasteiger partial charge on any atom is -0.369 e. The van der Waals surface area contributed by atoms with Crippen molar-refractivity contribution in [2.45, 2.75) is 12.8 Å². The standard InChI is InChI=1S/C7H9N3O/c1-5(6(8)11)7-9-3-2-4-10-7/h2-5H,1H3,(H2,8,11). The Morgan fingerprint density at radius 3 is 2.55 bits per heavy atom. The summed E-state index contributed by atoms with van der Waals surface area (Å²) in [6.07, 6.45) is 3.17. The first kappa shape index (κ1) is 7.65. The third kappa shape index (κ3) is 1.73. The summed E-state index contributed by atoms with van der Waals surface area (Å²) in [5, 5.41) is 0. The van der Waals surface area contributed by atoms with Crippen LogP contribution in [0.25, 0.3) is 0 Å². The minimum absolute atomic E-state index is 0.406. The first-order valence-electron chi connectivity index (χ1n) is 3.28. The van der Waals surface area contributed by atoms with E-state index >= 15 is 0 Å². The van der Waals surface area contributed by atoms with Crippen LogP contribution < -0.4 is 5.73 Å². The number of carbonyl (C=O) groups excluding carboxylic acids is 1. The number of nitrogens with zero attached hydrogens (tertiary/aromatic N) is 2. The van der Waals surface area contributed by atoms with Crippen LogP contribution in [0, 0.1) is 0 Å². The van der Waals surface area contributed by atoms with Crippen LogP contribution in [0.2, 0.25) is 0 Å². The molecule has 1 amide bonds. The zero-order chi connectivity index (χ0) is 8.27. The molecule has 1 aromatic heterocycles. The van der Waals surface area contributed by atoms with E-state index in [9.17, 15) is 4.79 Å². The van der Waals surface area contributed by atoms with E-state index in [0.717, 1.165) is 0 Å². The minimum atomic E-state index is -0.406. The van der Waals surface area contributed by atoms with E-state index in [1.807, 2.05) is 0 Å². The van der Waals surface area contributed by atoms with Gasteiger partial charge >= 0.3 is 0 Å². The summed E-state index contributed by atoms with van der Waals surface area (Å²) < 4.78 is 0. The molecule has 0 aliphatic heterocycles. The molecule has 4 nitrogen and oxygen atoms in total. The van der Waals surface area contributed by atoms with Gasteiger partial charge in [0, 0.05) is 12.4 Å². The molecule has 2 N–H and O–H groups in total. The zero-order valence-electron chi connectivity index (χ0n) is 6.19. The smallest absolute Gasteiger partial charge is 0.227 e. The maximum absolute atomic E-state index is 10.6. The van der Waals surface area contributed by atoms with Crippen LogP contribution in [0.1, 0.15) is 18.7 Å². The predicted molar refractivity (Wildman–Crippen MR) is 39.6 cm³/mol. The fourth-order valence-corrected chi connectivity index (χ4v) is 0.661. The van der Waals surface area contributed by atoms with Crippen molar-refractivity contribution in [1.29, 1.82) is 0 Å². The number of nitrogens with two attached hydrogens (primary N) is 1. The quantitative estimate of drug-likeness (QED) is 0.650. The van der Waals surface area contributed by atoms with Gasteiger partial charge in [0.2, 0.25) is 5.91 Å². The molecule has 1 rings (SSSR count). The number of aromatic nitrogens is 2. The second kappa shape index (κ2) is 3.09. The van der Waals surface area contributed by atoms with Crippen molar-refractivity contribution < 1.29 is 4.79 Å². The van der Waals surface area contributed by atoms with Gasteiger partial charge in [-0.1, -0.05) is 0 Å². The number of amides is 1. The van der Waals surface area contributed by atoms with Crippen molar-refractivity contribution in [3.8, 4) is 0 Å². The van der Waals surface area contributed by atoms with Crippen LogP contribution in [0.4, 0.5) is 0 Å². The molecule has 0 bridgehead atoms. The van der Waals surface area contributed by atoms with E-state index in [1.54, 1.807) is 25.4 Å². The van der Waals surface area contributed by atoms with Gasteiger partial charge in [-0.2, -0.15) is 0 Å². The summed E-state index contributed by atoms with van der Waals surface area (Å²) in [6.45, 7) is 1.68. The lowest BCUT2D eigenvalue weighted by Crippen LogP contribution is -2.20. The van der Waals surface area contributed by atoms with E-state index in [1.165, 1.54) is 0 Å². The summed E-state index contributed by atoms with van der Waals surface area (Å²) >= 11 is 0. The fourth-order valence-electron chi connectivity index (χ4n) is 0.661.